The molecule has 1 saturated carbocycles. The van der Waals surface area contributed by atoms with E-state index in [9.17, 15) is 0 Å². The molecule has 2 N–H and O–H groups in total. The van der Waals surface area contributed by atoms with E-state index in [1.54, 1.807) is 7.11 Å². The molecule has 0 spiro atoms. The van der Waals surface area contributed by atoms with Crippen LogP contribution in [-0.2, 0) is 0 Å². The van der Waals surface area contributed by atoms with E-state index in [2.05, 4.69) is 32.5 Å². The van der Waals surface area contributed by atoms with Gasteiger partial charge in [-0.2, -0.15) is 15.0 Å². The Morgan fingerprint density at radius 2 is 1.68 bits per heavy atom. The molecule has 2 aliphatic rings. The Morgan fingerprint density at radius 1 is 0.968 bits per heavy atom. The first kappa shape index (κ1) is 21.9. The summed E-state index contributed by atoms with van der Waals surface area (Å²) in [6.45, 7) is 3.79. The molecule has 31 heavy (non-hydrogen) atoms. The highest BCUT2D eigenvalue weighted by molar-refractivity contribution is 6.32. The van der Waals surface area contributed by atoms with Crippen molar-refractivity contribution in [2.75, 3.05) is 55.9 Å². The zero-order valence-corrected chi connectivity index (χ0v) is 19.2. The van der Waals surface area contributed by atoms with Crippen molar-refractivity contribution in [2.45, 2.75) is 44.6 Å². The average Bonchev–Trinajstić information content (AvgIpc) is 3.03. The van der Waals surface area contributed by atoms with Crippen LogP contribution in [0.2, 0.25) is 5.02 Å². The summed E-state index contributed by atoms with van der Waals surface area (Å²) in [4.78, 5) is 18.7. The molecule has 168 valence electrons. The Balaban J connectivity index is 1.58. The van der Waals surface area contributed by atoms with Crippen LogP contribution in [0.1, 0.15) is 38.5 Å². The third-order valence-electron chi connectivity index (χ3n) is 6.01. The Kier molecular flexibility index (Phi) is 7.29. The molecule has 2 aromatic rings. The van der Waals surface area contributed by atoms with Crippen LogP contribution in [0.25, 0.3) is 0 Å². The third kappa shape index (κ3) is 5.89. The van der Waals surface area contributed by atoms with Crippen molar-refractivity contribution in [3.05, 3.63) is 23.2 Å². The van der Waals surface area contributed by atoms with Crippen molar-refractivity contribution in [2.24, 2.45) is 0 Å². The molecule has 0 radical (unpaired) electrons. The van der Waals surface area contributed by atoms with Crippen molar-refractivity contribution in [3.63, 3.8) is 0 Å². The van der Waals surface area contributed by atoms with E-state index in [4.69, 9.17) is 26.3 Å². The Labute approximate surface area is 189 Å². The number of nitrogens with zero attached hydrogens (tertiary/aromatic N) is 5. The number of hydrogen-bond acceptors (Lipinski definition) is 8. The second kappa shape index (κ2) is 10.3. The van der Waals surface area contributed by atoms with Crippen molar-refractivity contribution < 1.29 is 4.74 Å². The zero-order chi connectivity index (χ0) is 21.6. The maximum absolute atomic E-state index is 6.29. The van der Waals surface area contributed by atoms with E-state index in [0.717, 1.165) is 44.7 Å². The van der Waals surface area contributed by atoms with Gasteiger partial charge in [0.25, 0.3) is 0 Å². The van der Waals surface area contributed by atoms with E-state index in [-0.39, 0.29) is 0 Å². The molecule has 2 heterocycles. The van der Waals surface area contributed by atoms with Crippen molar-refractivity contribution in [3.8, 4) is 5.75 Å². The van der Waals surface area contributed by atoms with Gasteiger partial charge < -0.3 is 25.2 Å². The van der Waals surface area contributed by atoms with Crippen LogP contribution in [0.5, 0.6) is 5.75 Å². The van der Waals surface area contributed by atoms with Gasteiger partial charge in [0.1, 0.15) is 5.75 Å². The Morgan fingerprint density at radius 3 is 2.35 bits per heavy atom. The van der Waals surface area contributed by atoms with Crippen LogP contribution >= 0.6 is 11.6 Å². The lowest BCUT2D eigenvalue weighted by Gasteiger charge is -2.32. The first-order valence-electron chi connectivity index (χ1n) is 11.2. The Bertz CT molecular complexity index is 865. The van der Waals surface area contributed by atoms with Crippen LogP contribution in [0, 0.1) is 0 Å². The largest absolute Gasteiger partial charge is 0.495 e. The van der Waals surface area contributed by atoms with E-state index < -0.39 is 0 Å². The zero-order valence-electron chi connectivity index (χ0n) is 18.4. The first-order chi connectivity index (χ1) is 15.1. The molecule has 0 amide bonds. The molecular formula is C22H32ClN7O. The summed E-state index contributed by atoms with van der Waals surface area (Å²) in [6.07, 6.45) is 7.45. The van der Waals surface area contributed by atoms with E-state index in [1.165, 1.54) is 25.7 Å². The number of halogens is 1. The average molecular weight is 446 g/mol. The first-order valence-corrected chi connectivity index (χ1v) is 11.5. The minimum absolute atomic E-state index is 0.411. The van der Waals surface area contributed by atoms with Crippen molar-refractivity contribution in [1.29, 1.82) is 0 Å². The predicted molar refractivity (Wildman–Crippen MR) is 126 cm³/mol. The van der Waals surface area contributed by atoms with Crippen LogP contribution in [0.15, 0.2) is 18.2 Å². The molecule has 1 aliphatic heterocycles. The quantitative estimate of drug-likeness (QED) is 0.641. The number of benzene rings is 1. The van der Waals surface area contributed by atoms with Gasteiger partial charge in [0.15, 0.2) is 0 Å². The van der Waals surface area contributed by atoms with Gasteiger partial charge in [-0.1, -0.05) is 37.3 Å². The monoisotopic (exact) mass is 445 g/mol. The highest BCUT2D eigenvalue weighted by Gasteiger charge is 2.20. The summed E-state index contributed by atoms with van der Waals surface area (Å²) in [5.74, 6) is 2.50. The SMILES string of the molecule is COc1ccc(Nc2nc(NC3CCCCCC3)nc(N3CCN(C)CC3)n2)cc1Cl. The highest BCUT2D eigenvalue weighted by atomic mass is 35.5. The third-order valence-corrected chi connectivity index (χ3v) is 6.30. The molecular weight excluding hydrogens is 414 g/mol. The summed E-state index contributed by atoms with van der Waals surface area (Å²) in [5.41, 5.74) is 0.807. The summed E-state index contributed by atoms with van der Waals surface area (Å²) in [6, 6.07) is 5.96. The number of likely N-dealkylation sites (N-methyl/N-ethyl adjacent to an activating group) is 1. The summed E-state index contributed by atoms with van der Waals surface area (Å²) < 4.78 is 5.25. The molecule has 1 aliphatic carbocycles. The molecule has 8 nitrogen and oxygen atoms in total. The summed E-state index contributed by atoms with van der Waals surface area (Å²) in [5, 5.41) is 7.41. The van der Waals surface area contributed by atoms with E-state index >= 15 is 0 Å². The molecule has 0 unspecified atom stereocenters. The van der Waals surface area contributed by atoms with Gasteiger partial charge in [0.05, 0.1) is 12.1 Å². The molecule has 9 heteroatoms. The second-order valence-corrected chi connectivity index (χ2v) is 8.79. The summed E-state index contributed by atoms with van der Waals surface area (Å²) in [7, 11) is 3.75. The lowest BCUT2D eigenvalue weighted by molar-refractivity contribution is 0.311. The lowest BCUT2D eigenvalue weighted by atomic mass is 10.1. The van der Waals surface area contributed by atoms with Crippen LogP contribution in [0.3, 0.4) is 0 Å². The second-order valence-electron chi connectivity index (χ2n) is 8.38. The Hall–Kier alpha value is -2.32. The number of aromatic nitrogens is 3. The maximum Gasteiger partial charge on any atom is 0.233 e. The van der Waals surface area contributed by atoms with Crippen molar-refractivity contribution in [1.82, 2.24) is 19.9 Å². The predicted octanol–water partition coefficient (Wildman–Crippen LogP) is 4.16. The van der Waals surface area contributed by atoms with Crippen LogP contribution < -0.4 is 20.3 Å². The number of methoxy groups -OCH3 is 1. The normalized spacial score (nSPS) is 18.5. The van der Waals surface area contributed by atoms with Gasteiger partial charge >= 0.3 is 0 Å². The maximum atomic E-state index is 6.29. The van der Waals surface area contributed by atoms with Crippen LogP contribution in [0.4, 0.5) is 23.5 Å². The number of piperazine rings is 1. The molecule has 1 aromatic carbocycles. The molecule has 1 saturated heterocycles. The van der Waals surface area contributed by atoms with Gasteiger partial charge in [0, 0.05) is 37.9 Å². The van der Waals surface area contributed by atoms with Gasteiger partial charge in [0.2, 0.25) is 17.8 Å². The fraction of sp³-hybridized carbons (Fsp3) is 0.591. The smallest absolute Gasteiger partial charge is 0.233 e. The highest BCUT2D eigenvalue weighted by Crippen LogP contribution is 2.29. The topological polar surface area (TPSA) is 78.4 Å². The molecule has 1 aromatic heterocycles. The summed E-state index contributed by atoms with van der Waals surface area (Å²) >= 11 is 6.29. The minimum Gasteiger partial charge on any atom is -0.495 e. The minimum atomic E-state index is 0.411. The number of rotatable bonds is 6. The molecule has 0 bridgehead atoms. The number of anilines is 4. The fourth-order valence-corrected chi connectivity index (χ4v) is 4.37. The van der Waals surface area contributed by atoms with Crippen LogP contribution in [-0.4, -0.2) is 66.2 Å². The van der Waals surface area contributed by atoms with E-state index in [1.807, 2.05) is 18.2 Å². The molecule has 4 rings (SSSR count). The standard InChI is InChI=1S/C22H32ClN7O/c1-29-11-13-30(14-12-29)22-27-20(24-16-7-5-3-4-6-8-16)26-21(28-22)25-17-9-10-19(31-2)18(23)15-17/h9-10,15-16H,3-8,11-14H2,1-2H3,(H2,24,25,26,27,28). The molecule has 2 fully saturated rings. The lowest BCUT2D eigenvalue weighted by Crippen LogP contribution is -2.45. The van der Waals surface area contributed by atoms with E-state index in [0.29, 0.717) is 34.7 Å². The number of ether oxygens (including phenoxy) is 1. The fourth-order valence-electron chi connectivity index (χ4n) is 4.11. The van der Waals surface area contributed by atoms with Gasteiger partial charge in [-0.05, 0) is 38.1 Å². The van der Waals surface area contributed by atoms with Gasteiger partial charge in [-0.25, -0.2) is 0 Å². The van der Waals surface area contributed by atoms with Gasteiger partial charge in [-0.15, -0.1) is 0 Å². The number of nitrogens with one attached hydrogen (secondary N) is 2. The van der Waals surface area contributed by atoms with Crippen molar-refractivity contribution >= 4 is 35.1 Å². The van der Waals surface area contributed by atoms with Gasteiger partial charge in [-0.3, -0.25) is 0 Å². The number of hydrogen-bond donors (Lipinski definition) is 2. The molecule has 0 atom stereocenters.